The van der Waals surface area contributed by atoms with Gasteiger partial charge >= 0.3 is 0 Å². The van der Waals surface area contributed by atoms with Gasteiger partial charge in [-0.25, -0.2) is 0 Å². The normalized spacial score (nSPS) is 14.0. The van der Waals surface area contributed by atoms with Gasteiger partial charge in [-0.1, -0.05) is 37.1 Å². The van der Waals surface area contributed by atoms with Crippen molar-refractivity contribution < 1.29 is 4.79 Å². The minimum absolute atomic E-state index is 0.00148. The Labute approximate surface area is 114 Å². The van der Waals surface area contributed by atoms with Gasteiger partial charge in [-0.2, -0.15) is 0 Å². The quantitative estimate of drug-likeness (QED) is 0.833. The Kier molecular flexibility index (Phi) is 6.16. The minimum Gasteiger partial charge on any atom is -0.350 e. The summed E-state index contributed by atoms with van der Waals surface area (Å²) < 4.78 is 0. The van der Waals surface area contributed by atoms with Crippen molar-refractivity contribution in [1.29, 1.82) is 0 Å². The molecule has 0 aromatic heterocycles. The number of nitrogens with one attached hydrogen (secondary N) is 1. The van der Waals surface area contributed by atoms with Gasteiger partial charge in [0.15, 0.2) is 0 Å². The number of rotatable bonds is 6. The van der Waals surface area contributed by atoms with E-state index in [0.29, 0.717) is 11.4 Å². The van der Waals surface area contributed by atoms with E-state index < -0.39 is 0 Å². The van der Waals surface area contributed by atoms with Crippen LogP contribution in [0.2, 0.25) is 5.02 Å². The van der Waals surface area contributed by atoms with Crippen LogP contribution in [0.4, 0.5) is 0 Å². The van der Waals surface area contributed by atoms with Gasteiger partial charge < -0.3 is 11.1 Å². The zero-order valence-electron chi connectivity index (χ0n) is 10.9. The Bertz CT molecular complexity index is 378. The van der Waals surface area contributed by atoms with E-state index in [1.807, 2.05) is 31.2 Å². The molecule has 3 nitrogen and oxygen atoms in total. The summed E-state index contributed by atoms with van der Waals surface area (Å²) in [4.78, 5) is 11.8. The van der Waals surface area contributed by atoms with Gasteiger partial charge in [0.25, 0.3) is 0 Å². The van der Waals surface area contributed by atoms with Crippen LogP contribution in [-0.4, -0.2) is 11.9 Å². The Balaban J connectivity index is 2.46. The fourth-order valence-electron chi connectivity index (χ4n) is 1.85. The third kappa shape index (κ3) is 5.07. The van der Waals surface area contributed by atoms with E-state index in [-0.39, 0.29) is 18.0 Å². The molecule has 100 valence electrons. The molecule has 0 heterocycles. The van der Waals surface area contributed by atoms with Crippen molar-refractivity contribution >= 4 is 17.5 Å². The van der Waals surface area contributed by atoms with Crippen molar-refractivity contribution in [3.05, 3.63) is 34.9 Å². The number of hydrogen-bond donors (Lipinski definition) is 2. The molecule has 1 aromatic rings. The molecule has 1 unspecified atom stereocenters. The highest BCUT2D eigenvalue weighted by Crippen LogP contribution is 2.16. The zero-order valence-corrected chi connectivity index (χ0v) is 11.7. The predicted molar refractivity (Wildman–Crippen MR) is 75.5 cm³/mol. The molecule has 1 rings (SSSR count). The maximum Gasteiger partial charge on any atom is 0.222 e. The Morgan fingerprint density at radius 2 is 2.00 bits per heavy atom. The summed E-state index contributed by atoms with van der Waals surface area (Å²) in [5.41, 5.74) is 6.88. The van der Waals surface area contributed by atoms with Gasteiger partial charge in [-0.05, 0) is 31.0 Å². The fraction of sp³-hybridized carbons (Fsp3) is 0.500. The number of benzene rings is 1. The lowest BCUT2D eigenvalue weighted by Gasteiger charge is -2.16. The summed E-state index contributed by atoms with van der Waals surface area (Å²) in [6.45, 7) is 4.01. The molecule has 0 aliphatic heterocycles. The van der Waals surface area contributed by atoms with Crippen LogP contribution in [0.1, 0.15) is 44.7 Å². The monoisotopic (exact) mass is 268 g/mol. The first kappa shape index (κ1) is 15.0. The van der Waals surface area contributed by atoms with Gasteiger partial charge in [0.2, 0.25) is 5.91 Å². The van der Waals surface area contributed by atoms with Crippen molar-refractivity contribution in [2.24, 2.45) is 5.73 Å². The fourth-order valence-corrected chi connectivity index (χ4v) is 1.97. The van der Waals surface area contributed by atoms with Crippen LogP contribution in [0.15, 0.2) is 24.3 Å². The number of hydrogen-bond acceptors (Lipinski definition) is 2. The molecule has 0 saturated heterocycles. The summed E-state index contributed by atoms with van der Waals surface area (Å²) in [6, 6.07) is 7.40. The Hall–Kier alpha value is -1.06. The largest absolute Gasteiger partial charge is 0.350 e. The molecule has 0 bridgehead atoms. The molecule has 3 N–H and O–H groups in total. The molecule has 1 amide bonds. The van der Waals surface area contributed by atoms with Crippen LogP contribution in [0.25, 0.3) is 0 Å². The van der Waals surface area contributed by atoms with Crippen LogP contribution < -0.4 is 11.1 Å². The van der Waals surface area contributed by atoms with Crippen molar-refractivity contribution in [1.82, 2.24) is 5.32 Å². The molecule has 0 saturated carbocycles. The van der Waals surface area contributed by atoms with Gasteiger partial charge in [0, 0.05) is 17.5 Å². The maximum atomic E-state index is 11.8. The summed E-state index contributed by atoms with van der Waals surface area (Å²) in [5.74, 6) is -0.00148. The van der Waals surface area contributed by atoms with E-state index in [0.717, 1.165) is 18.4 Å². The Morgan fingerprint density at radius 3 is 2.56 bits per heavy atom. The van der Waals surface area contributed by atoms with Crippen molar-refractivity contribution in [2.75, 3.05) is 0 Å². The highest BCUT2D eigenvalue weighted by molar-refractivity contribution is 6.30. The van der Waals surface area contributed by atoms with Gasteiger partial charge in [0.1, 0.15) is 0 Å². The SMILES string of the molecule is CCCC(N)CC(=O)N[C@@H](C)c1ccc(Cl)cc1. The van der Waals surface area contributed by atoms with Crippen LogP contribution in [0.5, 0.6) is 0 Å². The van der Waals surface area contributed by atoms with Crippen LogP contribution in [0, 0.1) is 0 Å². The standard InChI is InChI=1S/C14H21ClN2O/c1-3-4-13(16)9-14(18)17-10(2)11-5-7-12(15)8-6-11/h5-8,10,13H,3-4,9,16H2,1-2H3,(H,17,18)/t10-,13?/m0/s1. The molecule has 4 heteroatoms. The second kappa shape index (κ2) is 7.39. The Morgan fingerprint density at radius 1 is 1.39 bits per heavy atom. The molecule has 1 aromatic carbocycles. The van der Waals surface area contributed by atoms with Crippen molar-refractivity contribution in [3.63, 3.8) is 0 Å². The first-order valence-corrected chi connectivity index (χ1v) is 6.71. The highest BCUT2D eigenvalue weighted by atomic mass is 35.5. The number of nitrogens with two attached hydrogens (primary N) is 1. The predicted octanol–water partition coefficient (Wildman–Crippen LogP) is 3.03. The molecule has 0 fully saturated rings. The van der Waals surface area contributed by atoms with E-state index >= 15 is 0 Å². The average molecular weight is 269 g/mol. The van der Waals surface area contributed by atoms with Crippen molar-refractivity contribution in [3.8, 4) is 0 Å². The minimum atomic E-state index is -0.0487. The van der Waals surface area contributed by atoms with Gasteiger partial charge in [0.05, 0.1) is 6.04 Å². The van der Waals surface area contributed by atoms with E-state index in [4.69, 9.17) is 17.3 Å². The number of halogens is 1. The topological polar surface area (TPSA) is 55.1 Å². The molecule has 0 radical (unpaired) electrons. The molecule has 0 spiro atoms. The summed E-state index contributed by atoms with van der Waals surface area (Å²) in [5, 5.41) is 3.64. The second-order valence-electron chi connectivity index (χ2n) is 4.59. The molecule has 18 heavy (non-hydrogen) atoms. The molecule has 0 aliphatic rings. The number of amides is 1. The molecule has 2 atom stereocenters. The smallest absolute Gasteiger partial charge is 0.222 e. The summed E-state index contributed by atoms with van der Waals surface area (Å²) >= 11 is 5.82. The highest BCUT2D eigenvalue weighted by Gasteiger charge is 2.12. The first-order valence-electron chi connectivity index (χ1n) is 6.33. The summed E-state index contributed by atoms with van der Waals surface area (Å²) in [6.07, 6.45) is 2.26. The number of carbonyl (C=O) groups excluding carboxylic acids is 1. The molecular formula is C14H21ClN2O. The summed E-state index contributed by atoms with van der Waals surface area (Å²) in [7, 11) is 0. The van der Waals surface area contributed by atoms with Crippen LogP contribution >= 0.6 is 11.6 Å². The van der Waals surface area contributed by atoms with Crippen molar-refractivity contribution in [2.45, 2.75) is 45.2 Å². The first-order chi connectivity index (χ1) is 8.52. The lowest BCUT2D eigenvalue weighted by Crippen LogP contribution is -2.33. The average Bonchev–Trinajstić information content (AvgIpc) is 2.29. The van der Waals surface area contributed by atoms with E-state index in [2.05, 4.69) is 12.2 Å². The van der Waals surface area contributed by atoms with Gasteiger partial charge in [-0.3, -0.25) is 4.79 Å². The van der Waals surface area contributed by atoms with E-state index in [1.165, 1.54) is 0 Å². The molecular weight excluding hydrogens is 248 g/mol. The lowest BCUT2D eigenvalue weighted by molar-refractivity contribution is -0.122. The van der Waals surface area contributed by atoms with E-state index in [1.54, 1.807) is 0 Å². The third-order valence-corrected chi connectivity index (χ3v) is 3.11. The molecule has 0 aliphatic carbocycles. The maximum absolute atomic E-state index is 11.8. The lowest BCUT2D eigenvalue weighted by atomic mass is 10.1. The third-order valence-electron chi connectivity index (χ3n) is 2.85. The number of carbonyl (C=O) groups is 1. The van der Waals surface area contributed by atoms with Gasteiger partial charge in [-0.15, -0.1) is 0 Å². The van der Waals surface area contributed by atoms with Crippen LogP contribution in [0.3, 0.4) is 0 Å². The van der Waals surface area contributed by atoms with Crippen LogP contribution in [-0.2, 0) is 4.79 Å². The second-order valence-corrected chi connectivity index (χ2v) is 5.03. The van der Waals surface area contributed by atoms with E-state index in [9.17, 15) is 4.79 Å². The zero-order chi connectivity index (χ0) is 13.5.